The van der Waals surface area contributed by atoms with E-state index in [-0.39, 0.29) is 17.2 Å². The van der Waals surface area contributed by atoms with Gasteiger partial charge in [0.1, 0.15) is 6.26 Å². The fourth-order valence-electron chi connectivity index (χ4n) is 2.32. The first-order chi connectivity index (χ1) is 8.95. The molecular weight excluding hydrogens is 246 g/mol. The lowest BCUT2D eigenvalue weighted by atomic mass is 9.78. The minimum atomic E-state index is -1.08. The van der Waals surface area contributed by atoms with Crippen LogP contribution in [-0.2, 0) is 0 Å². The van der Waals surface area contributed by atoms with Crippen molar-refractivity contribution in [3.63, 3.8) is 0 Å². The average Bonchev–Trinajstić information content (AvgIpc) is 2.88. The van der Waals surface area contributed by atoms with Crippen LogP contribution in [0, 0.1) is 5.41 Å². The number of carboxylic acid groups (broad SMARTS) is 1. The zero-order valence-corrected chi connectivity index (χ0v) is 11.3. The standard InChI is InChI=1S/C14H19NO4/c1-3-14(2)4-6-15(7-5-14)12(16)11-8-10(9-19-11)13(17)18/h8-9H,3-7H2,1-2H3,(H,17,18). The second-order valence-electron chi connectivity index (χ2n) is 5.46. The summed E-state index contributed by atoms with van der Waals surface area (Å²) >= 11 is 0. The molecule has 0 aromatic carbocycles. The Hall–Kier alpha value is -1.78. The van der Waals surface area contributed by atoms with Gasteiger partial charge in [0.05, 0.1) is 5.56 Å². The molecule has 1 fully saturated rings. The van der Waals surface area contributed by atoms with Gasteiger partial charge in [0.2, 0.25) is 0 Å². The number of hydrogen-bond acceptors (Lipinski definition) is 3. The summed E-state index contributed by atoms with van der Waals surface area (Å²) in [4.78, 5) is 24.7. The molecule has 0 spiro atoms. The highest BCUT2D eigenvalue weighted by Gasteiger charge is 2.31. The maximum atomic E-state index is 12.2. The number of carbonyl (C=O) groups is 2. The van der Waals surface area contributed by atoms with E-state index >= 15 is 0 Å². The summed E-state index contributed by atoms with van der Waals surface area (Å²) in [6.45, 7) is 5.81. The van der Waals surface area contributed by atoms with Gasteiger partial charge in [-0.15, -0.1) is 0 Å². The summed E-state index contributed by atoms with van der Waals surface area (Å²) in [7, 11) is 0. The molecule has 5 heteroatoms. The highest BCUT2D eigenvalue weighted by molar-refractivity contribution is 5.95. The Morgan fingerprint density at radius 2 is 2.05 bits per heavy atom. The number of hydrogen-bond donors (Lipinski definition) is 1. The molecule has 0 aliphatic carbocycles. The van der Waals surface area contributed by atoms with Crippen molar-refractivity contribution >= 4 is 11.9 Å². The number of furan rings is 1. The van der Waals surface area contributed by atoms with Crippen molar-refractivity contribution in [1.29, 1.82) is 0 Å². The van der Waals surface area contributed by atoms with Crippen LogP contribution in [0.2, 0.25) is 0 Å². The molecule has 1 saturated heterocycles. The minimum Gasteiger partial charge on any atom is -0.478 e. The van der Waals surface area contributed by atoms with Gasteiger partial charge in [-0.05, 0) is 18.3 Å². The van der Waals surface area contributed by atoms with Crippen molar-refractivity contribution < 1.29 is 19.1 Å². The molecule has 104 valence electrons. The van der Waals surface area contributed by atoms with Crippen molar-refractivity contribution in [3.05, 3.63) is 23.7 Å². The fourth-order valence-corrected chi connectivity index (χ4v) is 2.32. The van der Waals surface area contributed by atoms with Gasteiger partial charge in [-0.3, -0.25) is 4.79 Å². The number of rotatable bonds is 3. The first kappa shape index (κ1) is 13.6. The van der Waals surface area contributed by atoms with Crippen LogP contribution in [0.5, 0.6) is 0 Å². The number of carboxylic acids is 1. The van der Waals surface area contributed by atoms with Crippen LogP contribution < -0.4 is 0 Å². The lowest BCUT2D eigenvalue weighted by Gasteiger charge is -2.38. The van der Waals surface area contributed by atoms with Gasteiger partial charge >= 0.3 is 5.97 Å². The second kappa shape index (κ2) is 5.07. The summed E-state index contributed by atoms with van der Waals surface area (Å²) in [6.07, 6.45) is 4.16. The molecule has 2 heterocycles. The molecule has 5 nitrogen and oxygen atoms in total. The number of amides is 1. The Morgan fingerprint density at radius 3 is 2.53 bits per heavy atom. The van der Waals surface area contributed by atoms with Crippen molar-refractivity contribution in [1.82, 2.24) is 4.90 Å². The van der Waals surface area contributed by atoms with E-state index in [0.717, 1.165) is 25.5 Å². The van der Waals surface area contributed by atoms with Crippen molar-refractivity contribution in [2.45, 2.75) is 33.1 Å². The minimum absolute atomic E-state index is 0.0127. The van der Waals surface area contributed by atoms with Crippen molar-refractivity contribution in [2.75, 3.05) is 13.1 Å². The Labute approximate surface area is 112 Å². The molecule has 19 heavy (non-hydrogen) atoms. The quantitative estimate of drug-likeness (QED) is 0.912. The molecule has 0 saturated carbocycles. The topological polar surface area (TPSA) is 70.8 Å². The van der Waals surface area contributed by atoms with Crippen LogP contribution in [-0.4, -0.2) is 35.0 Å². The lowest BCUT2D eigenvalue weighted by molar-refractivity contribution is 0.0569. The van der Waals surface area contributed by atoms with E-state index in [1.165, 1.54) is 6.07 Å². The normalized spacial score (nSPS) is 18.3. The average molecular weight is 265 g/mol. The van der Waals surface area contributed by atoms with E-state index in [9.17, 15) is 9.59 Å². The molecule has 1 amide bonds. The van der Waals surface area contributed by atoms with Gasteiger partial charge in [-0.2, -0.15) is 0 Å². The molecule has 1 aromatic rings. The van der Waals surface area contributed by atoms with Crippen LogP contribution >= 0.6 is 0 Å². The van der Waals surface area contributed by atoms with E-state index in [1.807, 2.05) is 0 Å². The molecule has 1 aromatic heterocycles. The smallest absolute Gasteiger partial charge is 0.338 e. The van der Waals surface area contributed by atoms with Gasteiger partial charge < -0.3 is 14.4 Å². The van der Waals surface area contributed by atoms with Crippen molar-refractivity contribution in [2.24, 2.45) is 5.41 Å². The predicted octanol–water partition coefficient (Wildman–Crippen LogP) is 2.63. The predicted molar refractivity (Wildman–Crippen MR) is 69.2 cm³/mol. The van der Waals surface area contributed by atoms with Gasteiger partial charge in [-0.25, -0.2) is 4.79 Å². The highest BCUT2D eigenvalue weighted by atomic mass is 16.4. The second-order valence-corrected chi connectivity index (χ2v) is 5.46. The van der Waals surface area contributed by atoms with E-state index in [1.54, 1.807) is 4.90 Å². The molecule has 0 radical (unpaired) electrons. The van der Waals surface area contributed by atoms with Crippen LogP contribution in [0.3, 0.4) is 0 Å². The van der Waals surface area contributed by atoms with Crippen LogP contribution in [0.15, 0.2) is 16.7 Å². The van der Waals surface area contributed by atoms with E-state index in [0.29, 0.717) is 18.5 Å². The summed E-state index contributed by atoms with van der Waals surface area (Å²) in [5.41, 5.74) is 0.324. The lowest BCUT2D eigenvalue weighted by Crippen LogP contribution is -2.41. The van der Waals surface area contributed by atoms with E-state index in [4.69, 9.17) is 9.52 Å². The third-order valence-electron chi connectivity index (χ3n) is 4.17. The third-order valence-corrected chi connectivity index (χ3v) is 4.17. The highest BCUT2D eigenvalue weighted by Crippen LogP contribution is 2.34. The van der Waals surface area contributed by atoms with Gasteiger partial charge in [0.25, 0.3) is 5.91 Å². The maximum absolute atomic E-state index is 12.2. The Balaban J connectivity index is 2.03. The summed E-state index contributed by atoms with van der Waals surface area (Å²) in [5, 5.41) is 8.81. The SMILES string of the molecule is CCC1(C)CCN(C(=O)c2cc(C(=O)O)co2)CC1. The molecule has 0 atom stereocenters. The fraction of sp³-hybridized carbons (Fsp3) is 0.571. The molecule has 0 unspecified atom stereocenters. The Kier molecular flexibility index (Phi) is 3.64. The first-order valence-electron chi connectivity index (χ1n) is 6.56. The number of nitrogens with zero attached hydrogens (tertiary/aromatic N) is 1. The molecular formula is C14H19NO4. The van der Waals surface area contributed by atoms with Crippen LogP contribution in [0.4, 0.5) is 0 Å². The Morgan fingerprint density at radius 1 is 1.42 bits per heavy atom. The zero-order valence-electron chi connectivity index (χ0n) is 11.3. The largest absolute Gasteiger partial charge is 0.478 e. The third kappa shape index (κ3) is 2.80. The van der Waals surface area contributed by atoms with Gasteiger partial charge in [0, 0.05) is 19.2 Å². The molecule has 1 aliphatic rings. The van der Waals surface area contributed by atoms with Gasteiger partial charge in [-0.1, -0.05) is 20.3 Å². The van der Waals surface area contributed by atoms with Crippen LogP contribution in [0.1, 0.15) is 54.0 Å². The van der Waals surface area contributed by atoms with Crippen molar-refractivity contribution in [3.8, 4) is 0 Å². The van der Waals surface area contributed by atoms with E-state index < -0.39 is 5.97 Å². The number of piperidine rings is 1. The molecule has 1 N–H and O–H groups in total. The molecule has 2 rings (SSSR count). The van der Waals surface area contributed by atoms with E-state index in [2.05, 4.69) is 13.8 Å². The molecule has 0 bridgehead atoms. The molecule has 1 aliphatic heterocycles. The summed E-state index contributed by atoms with van der Waals surface area (Å²) in [6, 6.07) is 1.29. The Bertz CT molecular complexity index is 483. The zero-order chi connectivity index (χ0) is 14.0. The summed E-state index contributed by atoms with van der Waals surface area (Å²) in [5.74, 6) is -1.19. The maximum Gasteiger partial charge on any atom is 0.338 e. The monoisotopic (exact) mass is 265 g/mol. The summed E-state index contributed by atoms with van der Waals surface area (Å²) < 4.78 is 5.05. The van der Waals surface area contributed by atoms with Crippen LogP contribution in [0.25, 0.3) is 0 Å². The number of likely N-dealkylation sites (tertiary alicyclic amines) is 1. The van der Waals surface area contributed by atoms with Gasteiger partial charge in [0.15, 0.2) is 5.76 Å². The number of carbonyl (C=O) groups excluding carboxylic acids is 1. The first-order valence-corrected chi connectivity index (χ1v) is 6.56. The number of aromatic carboxylic acids is 1.